The second-order valence-electron chi connectivity index (χ2n) is 7.08. The molecule has 8 nitrogen and oxygen atoms in total. The summed E-state index contributed by atoms with van der Waals surface area (Å²) in [7, 11) is 0. The predicted octanol–water partition coefficient (Wildman–Crippen LogP) is 3.15. The van der Waals surface area contributed by atoms with Crippen molar-refractivity contribution >= 4 is 17.6 Å². The average Bonchev–Trinajstić information content (AvgIpc) is 3.31. The molecule has 156 valence electrons. The Kier molecular flexibility index (Phi) is 7.26. The molecule has 0 radical (unpaired) electrons. The van der Waals surface area contributed by atoms with Gasteiger partial charge in [0, 0.05) is 12.1 Å². The first-order chi connectivity index (χ1) is 14.6. The average molecular weight is 407 g/mol. The van der Waals surface area contributed by atoms with Crippen LogP contribution < -0.4 is 5.32 Å². The standard InChI is InChI=1S/C22H25N5O3/c1-3-16(2)18-9-11-19(12-10-18)24-21(28)14-30-22(29)20(27-15-23-25-26-27)13-17-7-5-4-6-8-17/h4-12,15-16,20H,3,13-14H2,1-2H3,(H,24,28)/t16-,20+/m1/s1. The van der Waals surface area contributed by atoms with Gasteiger partial charge in [-0.05, 0) is 46.0 Å². The molecular weight excluding hydrogens is 382 g/mol. The zero-order valence-corrected chi connectivity index (χ0v) is 17.1. The third-order valence-electron chi connectivity index (χ3n) is 4.95. The van der Waals surface area contributed by atoms with Crippen LogP contribution in [0.25, 0.3) is 0 Å². The van der Waals surface area contributed by atoms with Crippen molar-refractivity contribution in [2.75, 3.05) is 11.9 Å². The summed E-state index contributed by atoms with van der Waals surface area (Å²) in [6, 6.07) is 16.4. The molecular formula is C22H25N5O3. The normalized spacial score (nSPS) is 12.7. The lowest BCUT2D eigenvalue weighted by Crippen LogP contribution is -2.28. The number of tetrazole rings is 1. The molecule has 1 aromatic heterocycles. The Hall–Kier alpha value is -3.55. The zero-order valence-electron chi connectivity index (χ0n) is 17.1. The summed E-state index contributed by atoms with van der Waals surface area (Å²) in [5.41, 5.74) is 2.80. The van der Waals surface area contributed by atoms with E-state index in [1.165, 1.54) is 16.6 Å². The molecule has 0 saturated carbocycles. The van der Waals surface area contributed by atoms with E-state index in [1.54, 1.807) is 0 Å². The van der Waals surface area contributed by atoms with Gasteiger partial charge in [-0.2, -0.15) is 0 Å². The molecule has 0 unspecified atom stereocenters. The van der Waals surface area contributed by atoms with Crippen LogP contribution in [0.3, 0.4) is 0 Å². The summed E-state index contributed by atoms with van der Waals surface area (Å²) in [4.78, 5) is 24.9. The van der Waals surface area contributed by atoms with Crippen molar-refractivity contribution in [3.8, 4) is 0 Å². The highest BCUT2D eigenvalue weighted by molar-refractivity contribution is 5.93. The largest absolute Gasteiger partial charge is 0.454 e. The fourth-order valence-corrected chi connectivity index (χ4v) is 2.99. The highest BCUT2D eigenvalue weighted by atomic mass is 16.5. The zero-order chi connectivity index (χ0) is 21.3. The van der Waals surface area contributed by atoms with Gasteiger partial charge in [0.15, 0.2) is 12.6 Å². The Balaban J connectivity index is 1.57. The van der Waals surface area contributed by atoms with Crippen LogP contribution in [-0.4, -0.2) is 38.7 Å². The van der Waals surface area contributed by atoms with Gasteiger partial charge in [-0.25, -0.2) is 9.48 Å². The monoisotopic (exact) mass is 407 g/mol. The van der Waals surface area contributed by atoms with E-state index < -0.39 is 17.9 Å². The van der Waals surface area contributed by atoms with Crippen LogP contribution in [-0.2, 0) is 20.7 Å². The Bertz CT molecular complexity index is 943. The Morgan fingerprint density at radius 1 is 1.10 bits per heavy atom. The molecule has 1 N–H and O–H groups in total. The number of nitrogens with one attached hydrogen (secondary N) is 1. The van der Waals surface area contributed by atoms with Gasteiger partial charge >= 0.3 is 5.97 Å². The van der Waals surface area contributed by atoms with Crippen LogP contribution in [0.5, 0.6) is 0 Å². The number of hydrogen-bond donors (Lipinski definition) is 1. The maximum atomic E-state index is 12.6. The summed E-state index contributed by atoms with van der Waals surface area (Å²) < 4.78 is 6.58. The SMILES string of the molecule is CC[C@@H](C)c1ccc(NC(=O)COC(=O)[C@H](Cc2ccccc2)n2cnnn2)cc1. The third kappa shape index (κ3) is 5.73. The molecule has 8 heteroatoms. The van der Waals surface area contributed by atoms with Gasteiger partial charge < -0.3 is 10.1 Å². The maximum Gasteiger partial charge on any atom is 0.331 e. The van der Waals surface area contributed by atoms with E-state index in [-0.39, 0.29) is 6.61 Å². The molecule has 0 saturated heterocycles. The van der Waals surface area contributed by atoms with Crippen molar-refractivity contribution in [2.45, 2.75) is 38.6 Å². The summed E-state index contributed by atoms with van der Waals surface area (Å²) >= 11 is 0. The molecule has 30 heavy (non-hydrogen) atoms. The number of esters is 1. The number of aromatic nitrogens is 4. The van der Waals surface area contributed by atoms with Gasteiger partial charge in [0.05, 0.1) is 0 Å². The molecule has 0 aliphatic rings. The summed E-state index contributed by atoms with van der Waals surface area (Å²) in [5.74, 6) is -0.522. The van der Waals surface area contributed by atoms with E-state index in [0.29, 0.717) is 18.0 Å². The van der Waals surface area contributed by atoms with E-state index in [0.717, 1.165) is 12.0 Å². The minimum Gasteiger partial charge on any atom is -0.454 e. The van der Waals surface area contributed by atoms with E-state index in [1.807, 2.05) is 54.6 Å². The van der Waals surface area contributed by atoms with Gasteiger partial charge in [-0.15, -0.1) is 5.10 Å². The number of carbonyl (C=O) groups is 2. The van der Waals surface area contributed by atoms with Crippen LogP contribution in [0.1, 0.15) is 43.4 Å². The summed E-state index contributed by atoms with van der Waals surface area (Å²) in [5, 5.41) is 13.7. The molecule has 2 atom stereocenters. The molecule has 0 fully saturated rings. The lowest BCUT2D eigenvalue weighted by Gasteiger charge is -2.15. The lowest BCUT2D eigenvalue weighted by atomic mass is 9.99. The van der Waals surface area contributed by atoms with Gasteiger partial charge in [0.2, 0.25) is 0 Å². The third-order valence-corrected chi connectivity index (χ3v) is 4.95. The van der Waals surface area contributed by atoms with Crippen molar-refractivity contribution in [3.05, 3.63) is 72.1 Å². The Labute approximate surface area is 175 Å². The number of nitrogens with zero attached hydrogens (tertiary/aromatic N) is 4. The van der Waals surface area contributed by atoms with Gasteiger partial charge in [0.25, 0.3) is 5.91 Å². The second kappa shape index (κ2) is 10.3. The highest BCUT2D eigenvalue weighted by Crippen LogP contribution is 2.20. The van der Waals surface area contributed by atoms with Crippen LogP contribution in [0.15, 0.2) is 60.9 Å². The molecule has 0 aliphatic heterocycles. The van der Waals surface area contributed by atoms with E-state index in [4.69, 9.17) is 4.74 Å². The number of hydrogen-bond acceptors (Lipinski definition) is 6. The quantitative estimate of drug-likeness (QED) is 0.547. The number of rotatable bonds is 9. The van der Waals surface area contributed by atoms with Gasteiger partial charge in [-0.3, -0.25) is 4.79 Å². The first-order valence-electron chi connectivity index (χ1n) is 9.89. The fourth-order valence-electron chi connectivity index (χ4n) is 2.99. The Morgan fingerprint density at radius 2 is 1.83 bits per heavy atom. The minimum atomic E-state index is -0.759. The van der Waals surface area contributed by atoms with Crippen LogP contribution in [0.2, 0.25) is 0 Å². The first kappa shape index (κ1) is 21.2. The molecule has 3 aromatic rings. The molecule has 1 heterocycles. The summed E-state index contributed by atoms with van der Waals surface area (Å²) in [6.07, 6.45) is 2.75. The molecule has 2 aromatic carbocycles. The number of ether oxygens (including phenoxy) is 1. The summed E-state index contributed by atoms with van der Waals surface area (Å²) in [6.45, 7) is 3.90. The Morgan fingerprint density at radius 3 is 2.47 bits per heavy atom. The van der Waals surface area contributed by atoms with E-state index in [2.05, 4.69) is 34.7 Å². The molecule has 0 spiro atoms. The molecule has 1 amide bonds. The number of benzene rings is 2. The molecule has 0 bridgehead atoms. The number of carbonyl (C=O) groups excluding carboxylic acids is 2. The van der Waals surface area contributed by atoms with Crippen LogP contribution in [0, 0.1) is 0 Å². The van der Waals surface area contributed by atoms with E-state index in [9.17, 15) is 9.59 Å². The fraction of sp³-hybridized carbons (Fsp3) is 0.318. The molecule has 3 rings (SSSR count). The first-order valence-corrected chi connectivity index (χ1v) is 9.89. The number of amides is 1. The highest BCUT2D eigenvalue weighted by Gasteiger charge is 2.24. The predicted molar refractivity (Wildman–Crippen MR) is 112 cm³/mol. The topological polar surface area (TPSA) is 99.0 Å². The van der Waals surface area contributed by atoms with Crippen molar-refractivity contribution in [1.29, 1.82) is 0 Å². The van der Waals surface area contributed by atoms with Crippen molar-refractivity contribution in [3.63, 3.8) is 0 Å². The van der Waals surface area contributed by atoms with Crippen LogP contribution in [0.4, 0.5) is 5.69 Å². The van der Waals surface area contributed by atoms with Gasteiger partial charge in [0.1, 0.15) is 6.33 Å². The van der Waals surface area contributed by atoms with Crippen molar-refractivity contribution in [2.24, 2.45) is 0 Å². The van der Waals surface area contributed by atoms with E-state index >= 15 is 0 Å². The van der Waals surface area contributed by atoms with Gasteiger partial charge in [-0.1, -0.05) is 56.3 Å². The second-order valence-corrected chi connectivity index (χ2v) is 7.08. The minimum absolute atomic E-state index is 0.351. The lowest BCUT2D eigenvalue weighted by molar-refractivity contribution is -0.151. The van der Waals surface area contributed by atoms with Crippen molar-refractivity contribution < 1.29 is 14.3 Å². The van der Waals surface area contributed by atoms with Crippen LogP contribution >= 0.6 is 0 Å². The molecule has 0 aliphatic carbocycles. The smallest absolute Gasteiger partial charge is 0.331 e. The number of anilines is 1. The maximum absolute atomic E-state index is 12.6. The van der Waals surface area contributed by atoms with Crippen molar-refractivity contribution in [1.82, 2.24) is 20.2 Å².